The number of rotatable bonds is 4. The molecule has 3 rings (SSSR count). The van der Waals surface area contributed by atoms with Crippen LogP contribution in [0.2, 0.25) is 5.02 Å². The zero-order chi connectivity index (χ0) is 16.1. The minimum Gasteiger partial charge on any atom is -0.322 e. The highest BCUT2D eigenvalue weighted by Crippen LogP contribution is 2.15. The topological polar surface area (TPSA) is 46.9 Å². The Balaban J connectivity index is 1.66. The summed E-state index contributed by atoms with van der Waals surface area (Å²) in [7, 11) is 0. The van der Waals surface area contributed by atoms with E-state index in [2.05, 4.69) is 10.4 Å². The van der Waals surface area contributed by atoms with Crippen LogP contribution in [-0.4, -0.2) is 15.7 Å². The zero-order valence-electron chi connectivity index (χ0n) is 12.2. The summed E-state index contributed by atoms with van der Waals surface area (Å²) in [6.07, 6.45) is 6.74. The molecule has 0 fully saturated rings. The molecule has 1 heterocycles. The molecule has 1 aromatic heterocycles. The standard InChI is InChI=1S/C18H14ClN3O/c19-15-5-4-6-16(11-15)21-18(23)10-9-14-12-20-22(13-14)17-7-2-1-3-8-17/h1-13H,(H,21,23)/b10-9+. The average Bonchev–Trinajstić information content (AvgIpc) is 3.03. The molecule has 0 aliphatic heterocycles. The van der Waals surface area contributed by atoms with E-state index < -0.39 is 0 Å². The van der Waals surface area contributed by atoms with Crippen LogP contribution in [-0.2, 0) is 4.79 Å². The molecule has 1 N–H and O–H groups in total. The van der Waals surface area contributed by atoms with E-state index in [1.807, 2.05) is 36.5 Å². The van der Waals surface area contributed by atoms with Crippen LogP contribution >= 0.6 is 11.6 Å². The smallest absolute Gasteiger partial charge is 0.248 e. The minimum absolute atomic E-state index is 0.222. The van der Waals surface area contributed by atoms with Gasteiger partial charge in [-0.15, -0.1) is 0 Å². The van der Waals surface area contributed by atoms with Crippen molar-refractivity contribution in [1.29, 1.82) is 0 Å². The van der Waals surface area contributed by atoms with Gasteiger partial charge in [0.05, 0.1) is 11.9 Å². The number of halogens is 1. The van der Waals surface area contributed by atoms with Crippen LogP contribution in [0.1, 0.15) is 5.56 Å². The Morgan fingerprint density at radius 2 is 1.96 bits per heavy atom. The first-order chi connectivity index (χ1) is 11.2. The number of nitrogens with one attached hydrogen (secondary N) is 1. The quantitative estimate of drug-likeness (QED) is 0.732. The van der Waals surface area contributed by atoms with Gasteiger partial charge in [0.25, 0.3) is 0 Å². The first-order valence-corrected chi connectivity index (χ1v) is 7.43. The first kappa shape index (κ1) is 15.1. The first-order valence-electron chi connectivity index (χ1n) is 7.05. The number of aromatic nitrogens is 2. The zero-order valence-corrected chi connectivity index (χ0v) is 12.9. The van der Waals surface area contributed by atoms with Gasteiger partial charge in [0.15, 0.2) is 0 Å². The Hall–Kier alpha value is -2.85. The normalized spacial score (nSPS) is 10.8. The van der Waals surface area contributed by atoms with Crippen LogP contribution in [0.3, 0.4) is 0 Å². The summed E-state index contributed by atoms with van der Waals surface area (Å²) >= 11 is 5.88. The predicted molar refractivity (Wildman–Crippen MR) is 92.7 cm³/mol. The fraction of sp³-hybridized carbons (Fsp3) is 0. The van der Waals surface area contributed by atoms with Gasteiger partial charge in [-0.25, -0.2) is 4.68 Å². The summed E-state index contributed by atoms with van der Waals surface area (Å²) in [6, 6.07) is 16.8. The van der Waals surface area contributed by atoms with Crippen LogP contribution in [0.15, 0.2) is 73.1 Å². The predicted octanol–water partition coefficient (Wildman–Crippen LogP) is 4.18. The molecule has 5 heteroatoms. The van der Waals surface area contributed by atoms with Gasteiger partial charge >= 0.3 is 0 Å². The second-order valence-corrected chi connectivity index (χ2v) is 5.32. The maximum atomic E-state index is 11.9. The second kappa shape index (κ2) is 6.94. The lowest BCUT2D eigenvalue weighted by atomic mass is 10.3. The van der Waals surface area contributed by atoms with E-state index in [0.29, 0.717) is 10.7 Å². The fourth-order valence-electron chi connectivity index (χ4n) is 2.07. The molecule has 0 saturated heterocycles. The molecule has 4 nitrogen and oxygen atoms in total. The summed E-state index contributed by atoms with van der Waals surface area (Å²) in [5.41, 5.74) is 2.47. The van der Waals surface area contributed by atoms with Gasteiger partial charge < -0.3 is 5.32 Å². The van der Waals surface area contributed by atoms with Gasteiger partial charge in [0.2, 0.25) is 5.91 Å². The monoisotopic (exact) mass is 323 g/mol. The summed E-state index contributed by atoms with van der Waals surface area (Å²) in [5.74, 6) is -0.222. The van der Waals surface area contributed by atoms with Crippen molar-refractivity contribution in [2.45, 2.75) is 0 Å². The summed E-state index contributed by atoms with van der Waals surface area (Å²) in [4.78, 5) is 11.9. The molecule has 3 aromatic rings. The van der Waals surface area contributed by atoms with E-state index in [0.717, 1.165) is 11.3 Å². The third kappa shape index (κ3) is 4.08. The number of hydrogen-bond donors (Lipinski definition) is 1. The lowest BCUT2D eigenvalue weighted by Gasteiger charge is -2.01. The van der Waals surface area contributed by atoms with E-state index in [4.69, 9.17) is 11.6 Å². The average molecular weight is 324 g/mol. The van der Waals surface area contributed by atoms with Gasteiger partial charge in [-0.1, -0.05) is 35.9 Å². The molecule has 1 amide bonds. The largest absolute Gasteiger partial charge is 0.322 e. The third-order valence-electron chi connectivity index (χ3n) is 3.14. The molecule has 0 bridgehead atoms. The van der Waals surface area contributed by atoms with Crippen molar-refractivity contribution in [1.82, 2.24) is 9.78 Å². The van der Waals surface area contributed by atoms with Gasteiger partial charge in [0, 0.05) is 28.5 Å². The van der Waals surface area contributed by atoms with Crippen molar-refractivity contribution in [3.05, 3.63) is 83.7 Å². The second-order valence-electron chi connectivity index (χ2n) is 4.89. The Labute approximate surface area is 139 Å². The molecule has 0 radical (unpaired) electrons. The number of carbonyl (C=O) groups excluding carboxylic acids is 1. The van der Waals surface area contributed by atoms with Crippen molar-refractivity contribution in [3.8, 4) is 5.69 Å². The van der Waals surface area contributed by atoms with Crippen LogP contribution in [0.25, 0.3) is 11.8 Å². The lowest BCUT2D eigenvalue weighted by molar-refractivity contribution is -0.111. The summed E-state index contributed by atoms with van der Waals surface area (Å²) in [6.45, 7) is 0. The molecule has 0 atom stereocenters. The van der Waals surface area contributed by atoms with E-state index >= 15 is 0 Å². The van der Waals surface area contributed by atoms with Crippen molar-refractivity contribution in [2.24, 2.45) is 0 Å². The maximum Gasteiger partial charge on any atom is 0.248 e. The minimum atomic E-state index is -0.222. The van der Waals surface area contributed by atoms with Gasteiger partial charge in [-0.2, -0.15) is 5.10 Å². The number of hydrogen-bond acceptors (Lipinski definition) is 2. The van der Waals surface area contributed by atoms with Crippen molar-refractivity contribution < 1.29 is 4.79 Å². The summed E-state index contributed by atoms with van der Waals surface area (Å²) in [5, 5.41) is 7.61. The van der Waals surface area contributed by atoms with E-state index in [1.165, 1.54) is 6.08 Å². The van der Waals surface area contributed by atoms with Crippen molar-refractivity contribution in [2.75, 3.05) is 5.32 Å². The number of para-hydroxylation sites is 1. The number of anilines is 1. The molecule has 0 spiro atoms. The van der Waals surface area contributed by atoms with E-state index in [1.54, 1.807) is 41.2 Å². The Morgan fingerprint density at radius 1 is 1.13 bits per heavy atom. The van der Waals surface area contributed by atoms with E-state index in [-0.39, 0.29) is 5.91 Å². The Morgan fingerprint density at radius 3 is 2.74 bits per heavy atom. The Kier molecular flexibility index (Phi) is 4.54. The maximum absolute atomic E-state index is 11.9. The molecule has 23 heavy (non-hydrogen) atoms. The van der Waals surface area contributed by atoms with Gasteiger partial charge in [-0.05, 0) is 36.4 Å². The lowest BCUT2D eigenvalue weighted by Crippen LogP contribution is -2.07. The van der Waals surface area contributed by atoms with Crippen LogP contribution in [0.4, 0.5) is 5.69 Å². The highest BCUT2D eigenvalue weighted by Gasteiger charge is 2.00. The fourth-order valence-corrected chi connectivity index (χ4v) is 2.26. The van der Waals surface area contributed by atoms with Crippen molar-refractivity contribution in [3.63, 3.8) is 0 Å². The molecule has 0 saturated carbocycles. The third-order valence-corrected chi connectivity index (χ3v) is 3.38. The number of carbonyl (C=O) groups is 1. The highest BCUT2D eigenvalue weighted by molar-refractivity contribution is 6.30. The van der Waals surface area contributed by atoms with Crippen LogP contribution in [0.5, 0.6) is 0 Å². The number of benzene rings is 2. The van der Waals surface area contributed by atoms with Crippen LogP contribution < -0.4 is 5.32 Å². The summed E-state index contributed by atoms with van der Waals surface area (Å²) < 4.78 is 1.76. The molecular weight excluding hydrogens is 310 g/mol. The van der Waals surface area contributed by atoms with Crippen LogP contribution in [0, 0.1) is 0 Å². The number of nitrogens with zero attached hydrogens (tertiary/aromatic N) is 2. The molecule has 0 aliphatic carbocycles. The highest BCUT2D eigenvalue weighted by atomic mass is 35.5. The molecule has 114 valence electrons. The van der Waals surface area contributed by atoms with E-state index in [9.17, 15) is 4.79 Å². The number of amides is 1. The molecule has 0 unspecified atom stereocenters. The molecule has 2 aromatic carbocycles. The van der Waals surface area contributed by atoms with Gasteiger partial charge in [-0.3, -0.25) is 4.79 Å². The molecule has 0 aliphatic rings. The van der Waals surface area contributed by atoms with Crippen molar-refractivity contribution >= 4 is 29.3 Å². The SMILES string of the molecule is O=C(/C=C/c1cnn(-c2ccccc2)c1)Nc1cccc(Cl)c1. The Bertz CT molecular complexity index is 840. The van der Waals surface area contributed by atoms with Gasteiger partial charge in [0.1, 0.15) is 0 Å². The molecular formula is C18H14ClN3O.